The number of methoxy groups -OCH3 is 4. The van der Waals surface area contributed by atoms with Gasteiger partial charge in [-0.25, -0.2) is 0 Å². The minimum absolute atomic E-state index is 0.0493. The summed E-state index contributed by atoms with van der Waals surface area (Å²) in [6.45, 7) is 20.8. The van der Waals surface area contributed by atoms with Gasteiger partial charge in [0.15, 0.2) is 59.8 Å². The molecule has 2 aliphatic heterocycles. The van der Waals surface area contributed by atoms with Crippen LogP contribution in [0, 0.1) is 41.4 Å². The molecular weight excluding hydrogens is 1050 g/mol. The summed E-state index contributed by atoms with van der Waals surface area (Å²) < 4.78 is 90.7. The van der Waals surface area contributed by atoms with Crippen molar-refractivity contribution in [1.29, 1.82) is 0 Å². The molecule has 2 saturated heterocycles. The molecule has 446 valence electrons. The van der Waals surface area contributed by atoms with Crippen LogP contribution in [-0.2, 0) is 80.9 Å². The fourth-order valence-electron chi connectivity index (χ4n) is 7.60. The number of carbonyl (C=O) groups is 7. The molecule has 0 saturated carbocycles. The topological polar surface area (TPSA) is 258 Å². The van der Waals surface area contributed by atoms with Gasteiger partial charge in [0.2, 0.25) is 18.1 Å². The lowest BCUT2D eigenvalue weighted by Crippen LogP contribution is -2.66. The van der Waals surface area contributed by atoms with Gasteiger partial charge >= 0.3 is 41.8 Å². The lowest BCUT2D eigenvalue weighted by Gasteiger charge is -2.47. The second-order valence-electron chi connectivity index (χ2n) is 21.4. The summed E-state index contributed by atoms with van der Waals surface area (Å²) in [7, 11) is 5.90. The van der Waals surface area contributed by atoms with Crippen LogP contribution in [0.1, 0.15) is 108 Å². The Kier molecular flexibility index (Phi) is 24.9. The molecule has 80 heavy (non-hydrogen) atoms. The van der Waals surface area contributed by atoms with Gasteiger partial charge in [-0.05, 0) is 35.4 Å². The molecule has 10 atom stereocenters. The van der Waals surface area contributed by atoms with E-state index >= 15 is 0 Å². The molecule has 2 fully saturated rings. The Balaban J connectivity index is 1.96. The molecular formula is C58H82O22. The predicted molar refractivity (Wildman–Crippen MR) is 286 cm³/mol. The maximum absolute atomic E-state index is 13.8. The van der Waals surface area contributed by atoms with Gasteiger partial charge in [0.05, 0.1) is 76.5 Å². The summed E-state index contributed by atoms with van der Waals surface area (Å²) >= 11 is 0. The molecule has 0 spiro atoms. The summed E-state index contributed by atoms with van der Waals surface area (Å²) in [4.78, 5) is 95.0. The fraction of sp³-hybridized carbons (Fsp3) is 0.638. The summed E-state index contributed by atoms with van der Waals surface area (Å²) in [6, 6.07) is 8.48. The Bertz CT molecular complexity index is 2430. The van der Waals surface area contributed by atoms with Gasteiger partial charge in [0, 0.05) is 0 Å². The van der Waals surface area contributed by atoms with E-state index in [4.69, 9.17) is 71.1 Å². The van der Waals surface area contributed by atoms with Crippen molar-refractivity contribution >= 4 is 53.9 Å². The predicted octanol–water partition coefficient (Wildman–Crippen LogP) is 7.34. The van der Waals surface area contributed by atoms with Gasteiger partial charge in [-0.1, -0.05) is 115 Å². The van der Waals surface area contributed by atoms with Crippen LogP contribution in [0.3, 0.4) is 0 Å². The van der Waals surface area contributed by atoms with E-state index in [0.717, 1.165) is 0 Å². The Morgan fingerprint density at radius 2 is 0.750 bits per heavy atom. The zero-order valence-electron chi connectivity index (χ0n) is 49.3. The SMILES string of the molecule is COc1ccc(/C=C\c2cc(OC)c(OC)c(OC)c2)cc1O[C@@H]1O[C@H](CO[C@H]2O[C@H](COC(=O)C(C)C)[C@H](OC(=O)C(C)C)[C@H](OC(=O)C(C)C)[C@H]2OC(=O)C(C)C)[C@@H](OC(=O)C(C)C)[C@H](OC(=O)C(C)C)[C@H]1OC(=O)C(C)C. The lowest BCUT2D eigenvalue weighted by molar-refractivity contribution is -0.329. The van der Waals surface area contributed by atoms with E-state index in [1.165, 1.54) is 28.4 Å². The van der Waals surface area contributed by atoms with Crippen LogP contribution in [0.15, 0.2) is 30.3 Å². The van der Waals surface area contributed by atoms with E-state index in [1.807, 2.05) is 0 Å². The van der Waals surface area contributed by atoms with Crippen molar-refractivity contribution in [2.24, 2.45) is 41.4 Å². The largest absolute Gasteiger partial charge is 0.493 e. The second-order valence-corrected chi connectivity index (χ2v) is 21.4. The average Bonchev–Trinajstić information content (AvgIpc) is 3.40. The van der Waals surface area contributed by atoms with Gasteiger partial charge in [0.25, 0.3) is 0 Å². The van der Waals surface area contributed by atoms with Crippen molar-refractivity contribution in [2.75, 3.05) is 41.7 Å². The highest BCUT2D eigenvalue weighted by Crippen LogP contribution is 2.40. The summed E-state index contributed by atoms with van der Waals surface area (Å²) in [5.74, 6) is -8.91. The minimum Gasteiger partial charge on any atom is -0.493 e. The zero-order chi connectivity index (χ0) is 59.9. The molecule has 0 unspecified atom stereocenters. The maximum Gasteiger partial charge on any atom is 0.309 e. The van der Waals surface area contributed by atoms with Crippen LogP contribution in [0.2, 0.25) is 0 Å². The van der Waals surface area contributed by atoms with Crippen LogP contribution in [0.5, 0.6) is 28.7 Å². The summed E-state index contributed by atoms with van der Waals surface area (Å²) in [5.41, 5.74) is 1.25. The Labute approximate surface area is 468 Å². The van der Waals surface area contributed by atoms with E-state index in [0.29, 0.717) is 28.4 Å². The Morgan fingerprint density at radius 3 is 1.15 bits per heavy atom. The molecule has 2 aromatic rings. The first-order valence-corrected chi connectivity index (χ1v) is 26.8. The van der Waals surface area contributed by atoms with Crippen molar-refractivity contribution in [3.8, 4) is 28.7 Å². The van der Waals surface area contributed by atoms with Gasteiger partial charge in [0.1, 0.15) is 18.8 Å². The quantitative estimate of drug-likeness (QED) is 0.0507. The monoisotopic (exact) mass is 1130 g/mol. The lowest BCUT2D eigenvalue weighted by atomic mass is 9.96. The third-order valence-electron chi connectivity index (χ3n) is 12.4. The van der Waals surface area contributed by atoms with Crippen molar-refractivity contribution in [3.05, 3.63) is 41.5 Å². The number of benzene rings is 2. The van der Waals surface area contributed by atoms with Crippen LogP contribution >= 0.6 is 0 Å². The molecule has 22 heteroatoms. The third-order valence-corrected chi connectivity index (χ3v) is 12.4. The molecule has 0 radical (unpaired) electrons. The van der Waals surface area contributed by atoms with Crippen molar-refractivity contribution in [3.63, 3.8) is 0 Å². The van der Waals surface area contributed by atoms with Gasteiger partial charge < -0.3 is 71.1 Å². The van der Waals surface area contributed by atoms with E-state index < -0.39 is 158 Å². The van der Waals surface area contributed by atoms with Gasteiger partial charge in [-0.3, -0.25) is 33.6 Å². The summed E-state index contributed by atoms with van der Waals surface area (Å²) in [5, 5.41) is 0. The van der Waals surface area contributed by atoms with Gasteiger partial charge in [-0.2, -0.15) is 0 Å². The van der Waals surface area contributed by atoms with E-state index in [-0.39, 0.29) is 11.5 Å². The molecule has 0 aromatic heterocycles. The van der Waals surface area contributed by atoms with Crippen LogP contribution in [-0.4, -0.2) is 145 Å². The molecule has 2 aliphatic rings. The molecule has 2 heterocycles. The van der Waals surface area contributed by atoms with Gasteiger partial charge in [-0.15, -0.1) is 0 Å². The maximum atomic E-state index is 13.8. The molecule has 2 aromatic carbocycles. The van der Waals surface area contributed by atoms with Crippen molar-refractivity contribution in [2.45, 2.75) is 158 Å². The molecule has 4 rings (SSSR count). The number of hydrogen-bond donors (Lipinski definition) is 0. The molecule has 0 amide bonds. The van der Waals surface area contributed by atoms with Crippen LogP contribution in [0.25, 0.3) is 12.2 Å². The van der Waals surface area contributed by atoms with Crippen LogP contribution in [0.4, 0.5) is 0 Å². The van der Waals surface area contributed by atoms with Crippen molar-refractivity contribution < 1.29 is 105 Å². The average molecular weight is 1130 g/mol. The number of ether oxygens (including phenoxy) is 15. The first-order valence-electron chi connectivity index (χ1n) is 26.8. The minimum atomic E-state index is -1.76. The second kappa shape index (κ2) is 30.2. The third kappa shape index (κ3) is 17.7. The summed E-state index contributed by atoms with van der Waals surface area (Å²) in [6.07, 6.45) is -12.7. The molecule has 0 N–H and O–H groups in total. The smallest absolute Gasteiger partial charge is 0.309 e. The first kappa shape index (κ1) is 65.9. The number of esters is 7. The normalized spacial score (nSPS) is 23.0. The standard InChI is InChI=1S/C58H82O22/c1-28(2)50(59)70-26-41-44(75-51(60)29(3)4)46(77-53(62)31(7)8)48(79-55(64)33(11)12)57(73-41)71-27-42-45(76-52(61)30(5)6)47(78-54(63)32(9)10)49(80-56(65)34(13)14)58(74-42)72-38-23-35(21-22-37(38)66-15)19-20-36-24-39(67-16)43(69-18)40(25-36)68-17/h19-25,28-34,41-42,44-49,57-58H,26-27H2,1-18H3/b20-19-/t41-,42-,44+,45-,46+,47+,48-,49-,57+,58-/m1/s1. The highest BCUT2D eigenvalue weighted by Gasteiger charge is 2.57. The molecule has 22 nitrogen and oxygen atoms in total. The van der Waals surface area contributed by atoms with E-state index in [2.05, 4.69) is 0 Å². The van der Waals surface area contributed by atoms with Crippen molar-refractivity contribution in [1.82, 2.24) is 0 Å². The van der Waals surface area contributed by atoms with E-state index in [1.54, 1.807) is 139 Å². The van der Waals surface area contributed by atoms with E-state index in [9.17, 15) is 33.6 Å². The number of rotatable bonds is 26. The number of hydrogen-bond acceptors (Lipinski definition) is 22. The first-order chi connectivity index (χ1) is 37.6. The van der Waals surface area contributed by atoms with Crippen LogP contribution < -0.4 is 23.7 Å². The molecule has 0 bridgehead atoms. The Hall–Kier alpha value is -6.65. The molecule has 0 aliphatic carbocycles. The highest BCUT2D eigenvalue weighted by molar-refractivity contribution is 5.76. The highest BCUT2D eigenvalue weighted by atomic mass is 16.8. The Morgan fingerprint density at radius 1 is 0.400 bits per heavy atom. The number of carbonyl (C=O) groups excluding carboxylic acids is 7. The zero-order valence-corrected chi connectivity index (χ0v) is 49.3. The fourth-order valence-corrected chi connectivity index (χ4v) is 7.60.